The minimum Gasteiger partial charge on any atom is -0.314 e. The van der Waals surface area contributed by atoms with Crippen LogP contribution in [0.5, 0.6) is 0 Å². The second kappa shape index (κ2) is 7.58. The van der Waals surface area contributed by atoms with E-state index in [9.17, 15) is 0 Å². The lowest BCUT2D eigenvalue weighted by Gasteiger charge is -2.21. The molecule has 0 spiro atoms. The minimum absolute atomic E-state index is 0.881. The summed E-state index contributed by atoms with van der Waals surface area (Å²) in [5.41, 5.74) is 1.51. The molecule has 2 fully saturated rings. The smallest absolute Gasteiger partial charge is 0.0244 e. The van der Waals surface area contributed by atoms with Gasteiger partial charge in [-0.05, 0) is 74.0 Å². The average molecular weight is 292 g/mol. The summed E-state index contributed by atoms with van der Waals surface area (Å²) in [5.74, 6) is 0. The molecule has 1 aromatic rings. The number of rotatable bonds is 11. The normalized spacial score (nSPS) is 18.9. The highest BCUT2D eigenvalue weighted by molar-refractivity contribution is 7.07. The molecule has 1 heterocycles. The molecule has 2 saturated carbocycles. The monoisotopic (exact) mass is 292 g/mol. The van der Waals surface area contributed by atoms with Gasteiger partial charge in [0.25, 0.3) is 0 Å². The van der Waals surface area contributed by atoms with E-state index in [0.29, 0.717) is 0 Å². The molecule has 0 atom stereocenters. The lowest BCUT2D eigenvalue weighted by Crippen LogP contribution is -2.26. The van der Waals surface area contributed by atoms with E-state index in [-0.39, 0.29) is 0 Å². The maximum absolute atomic E-state index is 3.60. The van der Waals surface area contributed by atoms with Gasteiger partial charge in [-0.15, -0.1) is 0 Å². The molecule has 0 bridgehead atoms. The zero-order valence-corrected chi connectivity index (χ0v) is 13.3. The van der Waals surface area contributed by atoms with Crippen molar-refractivity contribution in [2.75, 3.05) is 13.1 Å². The number of nitrogens with one attached hydrogen (secondary N) is 1. The highest BCUT2D eigenvalue weighted by Gasteiger charge is 2.28. The Morgan fingerprint density at radius 3 is 2.65 bits per heavy atom. The molecule has 0 unspecified atom stereocenters. The maximum Gasteiger partial charge on any atom is 0.0244 e. The average Bonchev–Trinajstić information content (AvgIpc) is 3.37. The summed E-state index contributed by atoms with van der Waals surface area (Å²) < 4.78 is 0. The second-order valence-corrected chi connectivity index (χ2v) is 7.26. The van der Waals surface area contributed by atoms with Gasteiger partial charge in [-0.25, -0.2) is 0 Å². The van der Waals surface area contributed by atoms with E-state index in [1.807, 2.05) is 11.3 Å². The predicted octanol–water partition coefficient (Wildman–Crippen LogP) is 4.02. The predicted molar refractivity (Wildman–Crippen MR) is 87.2 cm³/mol. The Hall–Kier alpha value is -0.380. The molecule has 0 aliphatic heterocycles. The summed E-state index contributed by atoms with van der Waals surface area (Å²) in [6.45, 7) is 3.72. The quantitative estimate of drug-likeness (QED) is 0.620. The van der Waals surface area contributed by atoms with Crippen molar-refractivity contribution in [2.45, 2.75) is 70.0 Å². The van der Waals surface area contributed by atoms with Crippen LogP contribution in [0.4, 0.5) is 0 Å². The van der Waals surface area contributed by atoms with E-state index in [1.165, 1.54) is 76.6 Å². The lowest BCUT2D eigenvalue weighted by atomic mass is 10.1. The topological polar surface area (TPSA) is 15.3 Å². The molecule has 1 aromatic heterocycles. The summed E-state index contributed by atoms with van der Waals surface area (Å²) >= 11 is 1.82. The molecule has 3 heteroatoms. The first kappa shape index (κ1) is 14.6. The van der Waals surface area contributed by atoms with Crippen molar-refractivity contribution in [1.29, 1.82) is 0 Å². The van der Waals surface area contributed by atoms with Crippen molar-refractivity contribution in [3.63, 3.8) is 0 Å². The highest BCUT2D eigenvalue weighted by Crippen LogP contribution is 2.29. The Labute approximate surface area is 127 Å². The van der Waals surface area contributed by atoms with Gasteiger partial charge >= 0.3 is 0 Å². The van der Waals surface area contributed by atoms with Gasteiger partial charge < -0.3 is 5.32 Å². The van der Waals surface area contributed by atoms with Crippen LogP contribution >= 0.6 is 11.3 Å². The van der Waals surface area contributed by atoms with Crippen LogP contribution in [0.15, 0.2) is 16.8 Å². The van der Waals surface area contributed by atoms with Gasteiger partial charge in [0.2, 0.25) is 0 Å². The van der Waals surface area contributed by atoms with Crippen molar-refractivity contribution < 1.29 is 0 Å². The number of hydrogen-bond donors (Lipinski definition) is 1. The van der Waals surface area contributed by atoms with Gasteiger partial charge in [0.1, 0.15) is 0 Å². The fraction of sp³-hybridized carbons (Fsp3) is 0.765. The van der Waals surface area contributed by atoms with E-state index in [4.69, 9.17) is 0 Å². The molecule has 0 saturated heterocycles. The van der Waals surface area contributed by atoms with Crippen LogP contribution in [-0.4, -0.2) is 30.1 Å². The Bertz CT molecular complexity index is 368. The lowest BCUT2D eigenvalue weighted by molar-refractivity contribution is 0.248. The fourth-order valence-corrected chi connectivity index (χ4v) is 3.49. The molecule has 20 heavy (non-hydrogen) atoms. The molecule has 1 N–H and O–H groups in total. The van der Waals surface area contributed by atoms with Crippen LogP contribution in [-0.2, 0) is 6.54 Å². The van der Waals surface area contributed by atoms with Crippen LogP contribution < -0.4 is 5.32 Å². The number of nitrogens with zero attached hydrogens (tertiary/aromatic N) is 1. The highest BCUT2D eigenvalue weighted by atomic mass is 32.1. The van der Waals surface area contributed by atoms with Gasteiger partial charge in [0.15, 0.2) is 0 Å². The van der Waals surface area contributed by atoms with E-state index >= 15 is 0 Å². The molecule has 2 nitrogen and oxygen atoms in total. The number of hydrogen-bond acceptors (Lipinski definition) is 3. The van der Waals surface area contributed by atoms with Gasteiger partial charge in [-0.1, -0.05) is 12.8 Å². The molecular formula is C17H28N2S. The molecule has 3 rings (SSSR count). The summed E-state index contributed by atoms with van der Waals surface area (Å²) in [6, 6.07) is 4.06. The van der Waals surface area contributed by atoms with Crippen molar-refractivity contribution in [3.8, 4) is 0 Å². The zero-order valence-electron chi connectivity index (χ0n) is 12.5. The van der Waals surface area contributed by atoms with E-state index in [0.717, 1.165) is 12.1 Å². The summed E-state index contributed by atoms with van der Waals surface area (Å²) in [4.78, 5) is 2.71. The van der Waals surface area contributed by atoms with Gasteiger partial charge in [-0.3, -0.25) is 4.90 Å². The molecule has 0 radical (unpaired) electrons. The molecule has 112 valence electrons. The first-order valence-electron chi connectivity index (χ1n) is 8.40. The van der Waals surface area contributed by atoms with Gasteiger partial charge in [0.05, 0.1) is 0 Å². The second-order valence-electron chi connectivity index (χ2n) is 6.48. The Morgan fingerprint density at radius 1 is 1.10 bits per heavy atom. The first-order valence-corrected chi connectivity index (χ1v) is 9.34. The molecule has 0 amide bonds. The number of unbranched alkanes of at least 4 members (excludes halogenated alkanes) is 3. The first-order chi connectivity index (χ1) is 9.92. The molecule has 2 aliphatic rings. The van der Waals surface area contributed by atoms with Crippen LogP contribution in [0.3, 0.4) is 0 Å². The number of thiophene rings is 1. The largest absolute Gasteiger partial charge is 0.314 e. The molecule has 2 aliphatic carbocycles. The van der Waals surface area contributed by atoms with Crippen LogP contribution in [0.1, 0.15) is 56.9 Å². The Balaban J connectivity index is 1.25. The van der Waals surface area contributed by atoms with Crippen molar-refractivity contribution in [1.82, 2.24) is 10.2 Å². The zero-order chi connectivity index (χ0) is 13.6. The third-order valence-corrected chi connectivity index (χ3v) is 5.14. The standard InChI is InChI=1S/C17H28N2S/c1(3-10-18-16-5-6-16)2-4-11-19(17-7-8-17)13-15-9-12-20-14-15/h9,12,14,16-18H,1-8,10-11,13H2. The molecular weight excluding hydrogens is 264 g/mol. The third-order valence-electron chi connectivity index (χ3n) is 4.41. The Morgan fingerprint density at radius 2 is 1.95 bits per heavy atom. The van der Waals surface area contributed by atoms with Crippen LogP contribution in [0, 0.1) is 0 Å². The van der Waals surface area contributed by atoms with Crippen molar-refractivity contribution >= 4 is 11.3 Å². The summed E-state index contributed by atoms with van der Waals surface area (Å²) in [6.07, 6.45) is 11.2. The van der Waals surface area contributed by atoms with Gasteiger partial charge in [-0.2, -0.15) is 11.3 Å². The summed E-state index contributed by atoms with van der Waals surface area (Å²) in [7, 11) is 0. The van der Waals surface area contributed by atoms with Crippen molar-refractivity contribution in [2.24, 2.45) is 0 Å². The molecule has 0 aromatic carbocycles. The maximum atomic E-state index is 3.60. The SMILES string of the molecule is c1cc(CN(CCCCCCNC2CC2)C2CC2)cs1. The fourth-order valence-electron chi connectivity index (χ4n) is 2.83. The van der Waals surface area contributed by atoms with Crippen LogP contribution in [0.25, 0.3) is 0 Å². The van der Waals surface area contributed by atoms with Gasteiger partial charge in [0, 0.05) is 18.6 Å². The van der Waals surface area contributed by atoms with Crippen LogP contribution in [0.2, 0.25) is 0 Å². The third kappa shape index (κ3) is 5.19. The minimum atomic E-state index is 0.881. The van der Waals surface area contributed by atoms with E-state index < -0.39 is 0 Å². The van der Waals surface area contributed by atoms with Crippen molar-refractivity contribution in [3.05, 3.63) is 22.4 Å². The van der Waals surface area contributed by atoms with E-state index in [1.54, 1.807) is 0 Å². The van der Waals surface area contributed by atoms with E-state index in [2.05, 4.69) is 27.0 Å². The Kier molecular flexibility index (Phi) is 5.51. The summed E-state index contributed by atoms with van der Waals surface area (Å²) in [5, 5.41) is 8.11.